The SMILES string of the molecule is O=C(O)C=Cc1cccc(Br)c1OCc1ccno1. The van der Waals surface area contributed by atoms with Crippen LogP contribution >= 0.6 is 15.9 Å². The molecule has 0 spiro atoms. The Kier molecular flexibility index (Phi) is 4.35. The first-order chi connectivity index (χ1) is 9.16. The smallest absolute Gasteiger partial charge is 0.328 e. The Balaban J connectivity index is 2.20. The summed E-state index contributed by atoms with van der Waals surface area (Å²) in [6.07, 6.45) is 4.07. The lowest BCUT2D eigenvalue weighted by atomic mass is 10.2. The molecule has 6 heteroatoms. The van der Waals surface area contributed by atoms with Gasteiger partial charge in [-0.05, 0) is 28.1 Å². The number of aromatic nitrogens is 1. The Hall–Kier alpha value is -2.08. The molecule has 0 fully saturated rings. The maximum absolute atomic E-state index is 10.6. The monoisotopic (exact) mass is 323 g/mol. The highest BCUT2D eigenvalue weighted by molar-refractivity contribution is 9.10. The first-order valence-corrected chi connectivity index (χ1v) is 6.18. The van der Waals surface area contributed by atoms with E-state index in [-0.39, 0.29) is 6.61 Å². The molecule has 1 aromatic carbocycles. The van der Waals surface area contributed by atoms with Crippen LogP contribution in [0.2, 0.25) is 0 Å². The minimum atomic E-state index is -1.01. The van der Waals surface area contributed by atoms with Gasteiger partial charge < -0.3 is 14.4 Å². The van der Waals surface area contributed by atoms with Crippen molar-refractivity contribution in [3.63, 3.8) is 0 Å². The number of benzene rings is 1. The fraction of sp³-hybridized carbons (Fsp3) is 0.0769. The summed E-state index contributed by atoms with van der Waals surface area (Å²) < 4.78 is 11.3. The van der Waals surface area contributed by atoms with Crippen molar-refractivity contribution in [1.29, 1.82) is 0 Å². The third-order valence-corrected chi connectivity index (χ3v) is 2.88. The van der Waals surface area contributed by atoms with E-state index < -0.39 is 5.97 Å². The zero-order valence-electron chi connectivity index (χ0n) is 9.75. The number of aliphatic carboxylic acids is 1. The number of para-hydroxylation sites is 1. The number of nitrogens with zero attached hydrogens (tertiary/aromatic N) is 1. The molecule has 0 atom stereocenters. The minimum absolute atomic E-state index is 0.219. The molecule has 0 amide bonds. The molecule has 0 saturated carbocycles. The van der Waals surface area contributed by atoms with Crippen LogP contribution in [0.25, 0.3) is 6.08 Å². The van der Waals surface area contributed by atoms with E-state index in [2.05, 4.69) is 21.1 Å². The summed E-state index contributed by atoms with van der Waals surface area (Å²) in [6.45, 7) is 0.219. The van der Waals surface area contributed by atoms with E-state index in [1.807, 2.05) is 6.07 Å². The number of ether oxygens (including phenoxy) is 1. The normalized spacial score (nSPS) is 10.8. The molecule has 1 aromatic heterocycles. The Bertz CT molecular complexity index is 593. The Morgan fingerprint density at radius 3 is 3.00 bits per heavy atom. The van der Waals surface area contributed by atoms with Crippen molar-refractivity contribution in [2.45, 2.75) is 6.61 Å². The van der Waals surface area contributed by atoms with Crippen LogP contribution in [0.4, 0.5) is 0 Å². The van der Waals surface area contributed by atoms with Gasteiger partial charge in [-0.3, -0.25) is 0 Å². The third kappa shape index (κ3) is 3.69. The molecule has 2 rings (SSSR count). The summed E-state index contributed by atoms with van der Waals surface area (Å²) in [5.41, 5.74) is 0.663. The van der Waals surface area contributed by atoms with Crippen LogP contribution in [0.3, 0.4) is 0 Å². The quantitative estimate of drug-likeness (QED) is 0.856. The van der Waals surface area contributed by atoms with Crippen molar-refractivity contribution in [3.8, 4) is 5.75 Å². The highest BCUT2D eigenvalue weighted by atomic mass is 79.9. The van der Waals surface area contributed by atoms with Gasteiger partial charge >= 0.3 is 5.97 Å². The van der Waals surface area contributed by atoms with Crippen LogP contribution in [-0.4, -0.2) is 16.2 Å². The van der Waals surface area contributed by atoms with Crippen LogP contribution in [0.15, 0.2) is 45.5 Å². The molecule has 0 saturated heterocycles. The molecule has 5 nitrogen and oxygen atoms in total. The molecule has 98 valence electrons. The summed E-state index contributed by atoms with van der Waals surface area (Å²) in [6, 6.07) is 7.07. The van der Waals surface area contributed by atoms with Gasteiger partial charge in [0.1, 0.15) is 12.4 Å². The second-order valence-electron chi connectivity index (χ2n) is 3.60. The van der Waals surface area contributed by atoms with Gasteiger partial charge in [-0.25, -0.2) is 4.79 Å². The van der Waals surface area contributed by atoms with Crippen molar-refractivity contribution < 1.29 is 19.2 Å². The van der Waals surface area contributed by atoms with Crippen molar-refractivity contribution >= 4 is 28.0 Å². The first-order valence-electron chi connectivity index (χ1n) is 5.38. The van der Waals surface area contributed by atoms with Crippen LogP contribution in [-0.2, 0) is 11.4 Å². The van der Waals surface area contributed by atoms with Crippen LogP contribution in [0, 0.1) is 0 Å². The van der Waals surface area contributed by atoms with E-state index in [1.165, 1.54) is 12.3 Å². The predicted octanol–water partition coefficient (Wildman–Crippen LogP) is 3.11. The average Bonchev–Trinajstić information content (AvgIpc) is 2.88. The zero-order chi connectivity index (χ0) is 13.7. The predicted molar refractivity (Wildman–Crippen MR) is 71.6 cm³/mol. The average molecular weight is 324 g/mol. The number of carbonyl (C=O) groups is 1. The second-order valence-corrected chi connectivity index (χ2v) is 4.45. The van der Waals surface area contributed by atoms with Crippen molar-refractivity contribution in [2.75, 3.05) is 0 Å². The first kappa shape index (κ1) is 13.4. The van der Waals surface area contributed by atoms with Gasteiger partial charge in [0, 0.05) is 17.7 Å². The lowest BCUT2D eigenvalue weighted by molar-refractivity contribution is -0.131. The maximum atomic E-state index is 10.6. The van der Waals surface area contributed by atoms with E-state index in [4.69, 9.17) is 14.4 Å². The third-order valence-electron chi connectivity index (χ3n) is 2.25. The van der Waals surface area contributed by atoms with Gasteiger partial charge in [0.25, 0.3) is 0 Å². The van der Waals surface area contributed by atoms with E-state index in [0.717, 1.165) is 10.5 Å². The maximum Gasteiger partial charge on any atom is 0.328 e. The Morgan fingerprint density at radius 1 is 1.47 bits per heavy atom. The van der Waals surface area contributed by atoms with E-state index in [1.54, 1.807) is 18.2 Å². The van der Waals surface area contributed by atoms with Crippen LogP contribution < -0.4 is 4.74 Å². The highest BCUT2D eigenvalue weighted by Crippen LogP contribution is 2.30. The molecule has 0 bridgehead atoms. The minimum Gasteiger partial charge on any atom is -0.484 e. The molecule has 0 radical (unpaired) electrons. The van der Waals surface area contributed by atoms with Crippen molar-refractivity contribution in [3.05, 3.63) is 52.3 Å². The van der Waals surface area contributed by atoms with Crippen LogP contribution in [0.5, 0.6) is 5.75 Å². The molecule has 1 N–H and O–H groups in total. The molecule has 0 aliphatic rings. The molecule has 0 aliphatic heterocycles. The standard InChI is InChI=1S/C13H10BrNO4/c14-11-3-1-2-9(4-5-12(16)17)13(11)18-8-10-6-7-15-19-10/h1-7H,8H2,(H,16,17). The van der Waals surface area contributed by atoms with Crippen molar-refractivity contribution in [1.82, 2.24) is 5.16 Å². The summed E-state index contributed by atoms with van der Waals surface area (Å²) in [4.78, 5) is 10.6. The summed E-state index contributed by atoms with van der Waals surface area (Å²) >= 11 is 3.37. The number of carboxylic acids is 1. The molecular formula is C13H10BrNO4. The Labute approximate surface area is 117 Å². The Morgan fingerprint density at radius 2 is 2.32 bits per heavy atom. The molecular weight excluding hydrogens is 314 g/mol. The number of rotatable bonds is 5. The summed E-state index contributed by atoms with van der Waals surface area (Å²) in [7, 11) is 0. The second kappa shape index (κ2) is 6.19. The molecule has 19 heavy (non-hydrogen) atoms. The van der Waals surface area contributed by atoms with Crippen LogP contribution in [0.1, 0.15) is 11.3 Å². The van der Waals surface area contributed by atoms with E-state index in [0.29, 0.717) is 17.1 Å². The van der Waals surface area contributed by atoms with Gasteiger partial charge in [-0.1, -0.05) is 17.3 Å². The van der Waals surface area contributed by atoms with Gasteiger partial charge in [-0.2, -0.15) is 0 Å². The van der Waals surface area contributed by atoms with Gasteiger partial charge in [0.2, 0.25) is 0 Å². The number of carboxylic acid groups (broad SMARTS) is 1. The fourth-order valence-electron chi connectivity index (χ4n) is 1.43. The molecule has 0 aliphatic carbocycles. The molecule has 2 aromatic rings. The largest absolute Gasteiger partial charge is 0.484 e. The zero-order valence-corrected chi connectivity index (χ0v) is 11.3. The molecule has 0 unspecified atom stereocenters. The topological polar surface area (TPSA) is 72.6 Å². The number of halogens is 1. The number of hydrogen-bond acceptors (Lipinski definition) is 4. The van der Waals surface area contributed by atoms with Gasteiger partial charge in [-0.15, -0.1) is 0 Å². The van der Waals surface area contributed by atoms with Crippen molar-refractivity contribution in [2.24, 2.45) is 0 Å². The molecule has 1 heterocycles. The summed E-state index contributed by atoms with van der Waals surface area (Å²) in [5.74, 6) is 0.126. The van der Waals surface area contributed by atoms with E-state index in [9.17, 15) is 4.79 Å². The summed E-state index contributed by atoms with van der Waals surface area (Å²) in [5, 5.41) is 12.2. The number of hydrogen-bond donors (Lipinski definition) is 1. The van der Waals surface area contributed by atoms with Gasteiger partial charge in [0.05, 0.1) is 10.7 Å². The fourth-order valence-corrected chi connectivity index (χ4v) is 1.93. The highest BCUT2D eigenvalue weighted by Gasteiger charge is 2.08. The van der Waals surface area contributed by atoms with E-state index >= 15 is 0 Å². The lowest BCUT2D eigenvalue weighted by Crippen LogP contribution is -1.97. The van der Waals surface area contributed by atoms with Gasteiger partial charge in [0.15, 0.2) is 5.76 Å². The lowest BCUT2D eigenvalue weighted by Gasteiger charge is -2.09.